The van der Waals surface area contributed by atoms with Gasteiger partial charge in [-0.25, -0.2) is 4.68 Å². The summed E-state index contributed by atoms with van der Waals surface area (Å²) in [5, 5.41) is 23.4. The van der Waals surface area contributed by atoms with Crippen molar-refractivity contribution in [3.8, 4) is 0 Å². The van der Waals surface area contributed by atoms with Crippen molar-refractivity contribution in [3.63, 3.8) is 0 Å². The van der Waals surface area contributed by atoms with Crippen LogP contribution in [0.2, 0.25) is 0 Å². The van der Waals surface area contributed by atoms with Crippen molar-refractivity contribution < 1.29 is 19.4 Å². The summed E-state index contributed by atoms with van der Waals surface area (Å²) in [7, 11) is 0. The number of hydrogen-bond donors (Lipinski definition) is 2. The average molecular weight is 612 g/mol. The zero-order valence-corrected chi connectivity index (χ0v) is 28.6. The molecule has 11 atom stereocenters. The smallest absolute Gasteiger partial charge is 0.307 e. The van der Waals surface area contributed by atoms with Crippen LogP contribution in [-0.2, 0) is 14.3 Å². The van der Waals surface area contributed by atoms with E-state index >= 15 is 0 Å². The van der Waals surface area contributed by atoms with Crippen molar-refractivity contribution in [2.45, 2.75) is 119 Å². The summed E-state index contributed by atoms with van der Waals surface area (Å²) in [4.78, 5) is 13.4. The van der Waals surface area contributed by atoms with E-state index < -0.39 is 17.4 Å². The van der Waals surface area contributed by atoms with E-state index in [0.717, 1.165) is 38.5 Å². The lowest BCUT2D eigenvalue weighted by molar-refractivity contribution is -0.252. The number of fused-ring (bicyclic) bond motifs is 3. The lowest BCUT2D eigenvalue weighted by Crippen LogP contribution is -2.69. The van der Waals surface area contributed by atoms with E-state index in [4.69, 9.17) is 15.2 Å². The van der Waals surface area contributed by atoms with Crippen LogP contribution in [0.4, 0.5) is 0 Å². The molecule has 0 aromatic carbocycles. The number of carbonyl (C=O) groups is 1. The van der Waals surface area contributed by atoms with Crippen molar-refractivity contribution in [3.05, 3.63) is 18.0 Å². The molecule has 5 aliphatic rings. The summed E-state index contributed by atoms with van der Waals surface area (Å²) in [5.74, 6) is 0.445. The minimum atomic E-state index is -0.620. The van der Waals surface area contributed by atoms with Gasteiger partial charge in [-0.05, 0) is 103 Å². The first-order valence-electron chi connectivity index (χ1n) is 17.1. The molecular formula is C35H57N5O4. The monoisotopic (exact) mass is 611 g/mol. The number of nitrogens with two attached hydrogens (primary N) is 1. The quantitative estimate of drug-likeness (QED) is 0.364. The van der Waals surface area contributed by atoms with Crippen LogP contribution in [0.1, 0.15) is 107 Å². The van der Waals surface area contributed by atoms with E-state index in [9.17, 15) is 9.90 Å². The Morgan fingerprint density at radius 1 is 1.16 bits per heavy atom. The molecule has 6 rings (SSSR count). The van der Waals surface area contributed by atoms with E-state index in [1.807, 2.05) is 18.5 Å². The van der Waals surface area contributed by atoms with Crippen LogP contribution in [0.15, 0.2) is 18.0 Å². The Kier molecular flexibility index (Phi) is 7.54. The third-order valence-corrected chi connectivity index (χ3v) is 14.4. The molecule has 1 aliphatic heterocycles. The molecule has 4 aliphatic carbocycles. The Bertz CT molecular complexity index is 1290. The highest BCUT2D eigenvalue weighted by Crippen LogP contribution is 2.75. The number of aromatic nitrogens is 4. The molecule has 44 heavy (non-hydrogen) atoms. The molecule has 246 valence electrons. The minimum Gasteiger partial charge on any atom is -0.481 e. The highest BCUT2D eigenvalue weighted by atomic mass is 16.5. The van der Waals surface area contributed by atoms with Crippen LogP contribution in [0.25, 0.3) is 0 Å². The highest BCUT2D eigenvalue weighted by Gasteiger charge is 2.72. The molecule has 1 unspecified atom stereocenters. The SMILES string of the molecule is CC(C)[C@@H](C)[C@@]1(C)CC[C@]2(C)[C@H]3CC[C@@H]4C5(COC[C@]4(C)[C@@H](OCC(C)(C)N)[C@H](n4cnnn4)C5)C3=CC[C@@]2(C)[C@@H]1C(=O)O. The molecule has 1 aromatic rings. The third-order valence-electron chi connectivity index (χ3n) is 14.4. The number of hydrogen-bond acceptors (Lipinski definition) is 7. The van der Waals surface area contributed by atoms with Gasteiger partial charge in [-0.2, -0.15) is 0 Å². The molecular weight excluding hydrogens is 554 g/mol. The molecule has 9 heteroatoms. The summed E-state index contributed by atoms with van der Waals surface area (Å²) in [6, 6.07) is -0.0495. The maximum Gasteiger partial charge on any atom is 0.307 e. The topological polar surface area (TPSA) is 125 Å². The lowest BCUT2D eigenvalue weighted by Gasteiger charge is -2.71. The highest BCUT2D eigenvalue weighted by molar-refractivity contribution is 5.73. The van der Waals surface area contributed by atoms with E-state index in [1.54, 1.807) is 6.33 Å². The van der Waals surface area contributed by atoms with Gasteiger partial charge in [-0.15, -0.1) is 5.10 Å². The van der Waals surface area contributed by atoms with E-state index in [-0.39, 0.29) is 39.2 Å². The standard InChI is InChI=1S/C35H57N5O4/c1-21(2)22(3)31(6)14-15-33(8)23-10-11-26-32(7)18-43-19-35(26,24(23)12-13-34(33,9)27(31)29(41)42)16-25(40-20-37-38-39-40)28(32)44-17-30(4,5)36/h12,20-23,25-28H,10-11,13-19,36H2,1-9H3,(H,41,42)/t22-,23+,25-,26+,27-,28+,31-,32+,33-,34+,35?/m1/s1. The molecule has 0 spiro atoms. The van der Waals surface area contributed by atoms with Crippen molar-refractivity contribution in [2.24, 2.45) is 62.4 Å². The molecule has 2 heterocycles. The maximum atomic E-state index is 13.4. The van der Waals surface area contributed by atoms with Gasteiger partial charge in [-0.3, -0.25) is 4.79 Å². The number of carboxylic acids is 1. The summed E-state index contributed by atoms with van der Waals surface area (Å²) in [6.45, 7) is 21.9. The first-order chi connectivity index (χ1) is 20.4. The number of nitrogens with zero attached hydrogens (tertiary/aromatic N) is 4. The van der Waals surface area contributed by atoms with Gasteiger partial charge in [-0.1, -0.05) is 60.1 Å². The van der Waals surface area contributed by atoms with Crippen molar-refractivity contribution in [1.82, 2.24) is 20.2 Å². The Morgan fingerprint density at radius 3 is 2.50 bits per heavy atom. The Balaban J connectivity index is 1.45. The summed E-state index contributed by atoms with van der Waals surface area (Å²) >= 11 is 0. The summed E-state index contributed by atoms with van der Waals surface area (Å²) in [6.07, 6.45) is 9.87. The molecule has 1 aromatic heterocycles. The zero-order chi connectivity index (χ0) is 32.1. The largest absolute Gasteiger partial charge is 0.481 e. The molecule has 3 saturated carbocycles. The van der Waals surface area contributed by atoms with Crippen molar-refractivity contribution >= 4 is 5.97 Å². The first kappa shape index (κ1) is 32.1. The van der Waals surface area contributed by atoms with Crippen LogP contribution >= 0.6 is 0 Å². The molecule has 1 saturated heterocycles. The third kappa shape index (κ3) is 4.34. The fourth-order valence-electron chi connectivity index (χ4n) is 11.8. The Hall–Kier alpha value is -1.84. The van der Waals surface area contributed by atoms with Crippen molar-refractivity contribution in [1.29, 1.82) is 0 Å². The molecule has 3 N–H and O–H groups in total. The van der Waals surface area contributed by atoms with Crippen LogP contribution in [0.3, 0.4) is 0 Å². The second kappa shape index (κ2) is 10.3. The predicted octanol–water partition coefficient (Wildman–Crippen LogP) is 5.93. The molecule has 0 radical (unpaired) electrons. The normalized spacial score (nSPS) is 46.0. The van der Waals surface area contributed by atoms with Crippen LogP contribution in [0, 0.1) is 56.7 Å². The van der Waals surface area contributed by atoms with Gasteiger partial charge in [0.2, 0.25) is 0 Å². The number of ether oxygens (including phenoxy) is 2. The number of aliphatic carboxylic acids is 1. The maximum absolute atomic E-state index is 13.4. The van der Waals surface area contributed by atoms with E-state index in [1.165, 1.54) is 5.57 Å². The molecule has 0 amide bonds. The van der Waals surface area contributed by atoms with E-state index in [0.29, 0.717) is 43.5 Å². The van der Waals surface area contributed by atoms with Gasteiger partial charge >= 0.3 is 5.97 Å². The number of rotatable bonds is 7. The minimum absolute atomic E-state index is 0.0495. The number of allylic oxidation sites excluding steroid dienone is 1. The molecule has 9 nitrogen and oxygen atoms in total. The Labute approximate surface area is 264 Å². The van der Waals surface area contributed by atoms with Crippen molar-refractivity contribution in [2.75, 3.05) is 19.8 Å². The average Bonchev–Trinajstić information content (AvgIpc) is 3.46. The van der Waals surface area contributed by atoms with Gasteiger partial charge < -0.3 is 20.3 Å². The predicted molar refractivity (Wildman–Crippen MR) is 168 cm³/mol. The number of carboxylic acid groups (broad SMARTS) is 1. The van der Waals surface area contributed by atoms with Gasteiger partial charge in [0.15, 0.2) is 0 Å². The fourth-order valence-corrected chi connectivity index (χ4v) is 11.8. The van der Waals surface area contributed by atoms with Gasteiger partial charge in [0, 0.05) is 16.4 Å². The molecule has 2 bridgehead atoms. The fraction of sp³-hybridized carbons (Fsp3) is 0.886. The van der Waals surface area contributed by atoms with Crippen LogP contribution in [-0.4, -0.2) is 62.7 Å². The van der Waals surface area contributed by atoms with Crippen LogP contribution < -0.4 is 5.73 Å². The first-order valence-corrected chi connectivity index (χ1v) is 17.1. The Morgan fingerprint density at radius 2 is 1.89 bits per heavy atom. The van der Waals surface area contributed by atoms with Gasteiger partial charge in [0.25, 0.3) is 0 Å². The molecule has 4 fully saturated rings. The summed E-state index contributed by atoms with van der Waals surface area (Å²) < 4.78 is 15.3. The zero-order valence-electron chi connectivity index (χ0n) is 28.6. The second-order valence-electron chi connectivity index (χ2n) is 17.6. The van der Waals surface area contributed by atoms with Gasteiger partial charge in [0.1, 0.15) is 6.33 Å². The summed E-state index contributed by atoms with van der Waals surface area (Å²) in [5.41, 5.74) is 6.36. The van der Waals surface area contributed by atoms with Crippen LogP contribution in [0.5, 0.6) is 0 Å². The lowest BCUT2D eigenvalue weighted by atomic mass is 9.34. The van der Waals surface area contributed by atoms with E-state index in [2.05, 4.69) is 70.1 Å². The number of tetrazole rings is 1. The van der Waals surface area contributed by atoms with Gasteiger partial charge in [0.05, 0.1) is 37.9 Å². The second-order valence-corrected chi connectivity index (χ2v) is 17.6.